The molecule has 2 aromatic rings. The molecule has 10 heteroatoms. The van der Waals surface area contributed by atoms with Gasteiger partial charge in [-0.2, -0.15) is 8.42 Å². The summed E-state index contributed by atoms with van der Waals surface area (Å²) in [4.78, 5) is 29.0. The maximum atomic E-state index is 13.2. The molecule has 0 radical (unpaired) electrons. The molecule has 0 saturated carbocycles. The molecular weight excluding hydrogens is 454 g/mol. The van der Waals surface area contributed by atoms with Crippen LogP contribution in [0.25, 0.3) is 0 Å². The van der Waals surface area contributed by atoms with Gasteiger partial charge in [0.15, 0.2) is 5.84 Å². The number of likely N-dealkylation sites (tertiary alicyclic amines) is 2. The second-order valence-electron chi connectivity index (χ2n) is 8.96. The SMILES string of the molecule is NC(=O)C1CCCN1Cc1cccc(NC(=O)[C@@H]2CCCN2C2=NS(=O)(=O)c3ccccc32)c1. The highest BCUT2D eigenvalue weighted by molar-refractivity contribution is 7.90. The Labute approximate surface area is 198 Å². The van der Waals surface area contributed by atoms with E-state index in [1.54, 1.807) is 29.2 Å². The van der Waals surface area contributed by atoms with Crippen molar-refractivity contribution in [3.8, 4) is 0 Å². The van der Waals surface area contributed by atoms with Gasteiger partial charge in [0, 0.05) is 24.3 Å². The molecule has 2 atom stereocenters. The lowest BCUT2D eigenvalue weighted by atomic mass is 10.1. The van der Waals surface area contributed by atoms with Crippen LogP contribution < -0.4 is 11.1 Å². The number of benzene rings is 2. The smallest absolute Gasteiger partial charge is 0.285 e. The van der Waals surface area contributed by atoms with Crippen LogP contribution in [0.2, 0.25) is 0 Å². The molecule has 2 fully saturated rings. The molecule has 1 unspecified atom stereocenters. The van der Waals surface area contributed by atoms with Crippen LogP contribution in [0.15, 0.2) is 57.8 Å². The van der Waals surface area contributed by atoms with Crippen molar-refractivity contribution in [3.05, 3.63) is 59.7 Å². The number of carbonyl (C=O) groups excluding carboxylic acids is 2. The van der Waals surface area contributed by atoms with Crippen molar-refractivity contribution in [3.63, 3.8) is 0 Å². The van der Waals surface area contributed by atoms with E-state index in [1.807, 2.05) is 24.3 Å². The summed E-state index contributed by atoms with van der Waals surface area (Å²) in [6, 6.07) is 13.5. The Morgan fingerprint density at radius 1 is 1.03 bits per heavy atom. The van der Waals surface area contributed by atoms with Crippen LogP contribution in [0.5, 0.6) is 0 Å². The Bertz CT molecular complexity index is 1280. The number of anilines is 1. The van der Waals surface area contributed by atoms with Gasteiger partial charge in [-0.15, -0.1) is 4.40 Å². The molecule has 0 aromatic heterocycles. The first kappa shape index (κ1) is 22.5. The molecule has 2 saturated heterocycles. The van der Waals surface area contributed by atoms with Crippen LogP contribution in [0.1, 0.15) is 36.8 Å². The third kappa shape index (κ3) is 4.19. The van der Waals surface area contributed by atoms with Crippen LogP contribution >= 0.6 is 0 Å². The van der Waals surface area contributed by atoms with Crippen LogP contribution in [0.4, 0.5) is 5.69 Å². The number of nitrogens with two attached hydrogens (primary N) is 1. The maximum absolute atomic E-state index is 13.2. The zero-order valence-electron chi connectivity index (χ0n) is 18.7. The standard InChI is InChI=1S/C24H27N5O4S/c25-22(30)19-9-4-12-28(19)15-16-6-3-7-17(14-16)26-24(31)20-10-5-13-29(20)23-18-8-1-2-11-21(18)34(32,33)27-23/h1-3,6-8,11,14,19-20H,4-5,9-10,12-13,15H2,(H2,25,30)(H,26,31)/t19?,20-/m0/s1. The minimum atomic E-state index is -3.75. The third-order valence-electron chi connectivity index (χ3n) is 6.71. The number of sulfonamides is 1. The number of amidine groups is 1. The molecular formula is C24H27N5O4S. The Kier molecular flexibility index (Phi) is 5.86. The molecule has 178 valence electrons. The van der Waals surface area contributed by atoms with Crippen LogP contribution in [-0.2, 0) is 26.2 Å². The number of fused-ring (bicyclic) bond motifs is 1. The Morgan fingerprint density at radius 2 is 1.79 bits per heavy atom. The van der Waals surface area contributed by atoms with Gasteiger partial charge in [0.2, 0.25) is 11.8 Å². The molecule has 2 aromatic carbocycles. The van der Waals surface area contributed by atoms with E-state index in [1.165, 1.54) is 0 Å². The van der Waals surface area contributed by atoms with Gasteiger partial charge in [-0.05, 0) is 62.1 Å². The molecule has 3 heterocycles. The molecule has 34 heavy (non-hydrogen) atoms. The largest absolute Gasteiger partial charge is 0.368 e. The molecule has 9 nitrogen and oxygen atoms in total. The highest BCUT2D eigenvalue weighted by Crippen LogP contribution is 2.31. The number of amides is 2. The normalized spacial score (nSPS) is 23.5. The van der Waals surface area contributed by atoms with Gasteiger partial charge in [0.25, 0.3) is 10.0 Å². The van der Waals surface area contributed by atoms with Crippen molar-refractivity contribution in [2.24, 2.45) is 10.1 Å². The topological polar surface area (TPSA) is 125 Å². The number of hydrogen-bond acceptors (Lipinski definition) is 6. The van der Waals surface area contributed by atoms with E-state index in [4.69, 9.17) is 5.73 Å². The minimum absolute atomic E-state index is 0.180. The average Bonchev–Trinajstić information content (AvgIpc) is 3.52. The predicted octanol–water partition coefficient (Wildman–Crippen LogP) is 1.69. The van der Waals surface area contributed by atoms with E-state index >= 15 is 0 Å². The van der Waals surface area contributed by atoms with Crippen LogP contribution in [-0.4, -0.2) is 61.0 Å². The summed E-state index contributed by atoms with van der Waals surface area (Å²) in [5.74, 6) is -0.162. The van der Waals surface area contributed by atoms with Gasteiger partial charge in [-0.1, -0.05) is 24.3 Å². The number of nitrogens with one attached hydrogen (secondary N) is 1. The summed E-state index contributed by atoms with van der Waals surface area (Å²) in [5, 5.41) is 2.99. The first-order valence-electron chi connectivity index (χ1n) is 11.5. The molecule has 3 N–H and O–H groups in total. The fourth-order valence-corrected chi connectivity index (χ4v) is 6.35. The molecule has 3 aliphatic rings. The van der Waals surface area contributed by atoms with Crippen molar-refractivity contribution < 1.29 is 18.0 Å². The summed E-state index contributed by atoms with van der Waals surface area (Å²) >= 11 is 0. The highest BCUT2D eigenvalue weighted by Gasteiger charge is 2.39. The first-order valence-corrected chi connectivity index (χ1v) is 12.9. The van der Waals surface area contributed by atoms with E-state index in [-0.39, 0.29) is 22.8 Å². The lowest BCUT2D eigenvalue weighted by molar-refractivity contribution is -0.122. The van der Waals surface area contributed by atoms with Crippen LogP contribution in [0, 0.1) is 0 Å². The second-order valence-corrected chi connectivity index (χ2v) is 10.5. The van der Waals surface area contributed by atoms with E-state index < -0.39 is 16.1 Å². The molecule has 3 aliphatic heterocycles. The van der Waals surface area contributed by atoms with Crippen molar-refractivity contribution in [1.82, 2.24) is 9.80 Å². The number of carbonyl (C=O) groups is 2. The fourth-order valence-electron chi connectivity index (χ4n) is 5.13. The Hall–Kier alpha value is -3.24. The Morgan fingerprint density at radius 3 is 2.62 bits per heavy atom. The minimum Gasteiger partial charge on any atom is -0.368 e. The second kappa shape index (κ2) is 8.84. The van der Waals surface area contributed by atoms with Crippen LogP contribution in [0.3, 0.4) is 0 Å². The van der Waals surface area contributed by atoms with E-state index in [0.717, 1.165) is 31.4 Å². The molecule has 0 aliphatic carbocycles. The average molecular weight is 482 g/mol. The summed E-state index contributed by atoms with van der Waals surface area (Å²) in [7, 11) is -3.75. The molecule has 2 amide bonds. The van der Waals surface area contributed by atoms with Gasteiger partial charge < -0.3 is 16.0 Å². The van der Waals surface area contributed by atoms with Crippen molar-refractivity contribution in [2.45, 2.75) is 49.2 Å². The Balaban J connectivity index is 1.31. The quantitative estimate of drug-likeness (QED) is 0.670. The number of rotatable bonds is 5. The lowest BCUT2D eigenvalue weighted by Gasteiger charge is -2.26. The summed E-state index contributed by atoms with van der Waals surface area (Å²) in [5.41, 5.74) is 7.71. The zero-order chi connectivity index (χ0) is 23.9. The highest BCUT2D eigenvalue weighted by atomic mass is 32.2. The van der Waals surface area contributed by atoms with Gasteiger partial charge in [0.1, 0.15) is 10.9 Å². The van der Waals surface area contributed by atoms with E-state index in [2.05, 4.69) is 14.6 Å². The van der Waals surface area contributed by atoms with Gasteiger partial charge in [-0.3, -0.25) is 14.5 Å². The van der Waals surface area contributed by atoms with E-state index in [9.17, 15) is 18.0 Å². The summed E-state index contributed by atoms with van der Waals surface area (Å²) in [6.07, 6.45) is 3.08. The van der Waals surface area contributed by atoms with Crippen molar-refractivity contribution in [2.75, 3.05) is 18.4 Å². The van der Waals surface area contributed by atoms with Gasteiger partial charge in [-0.25, -0.2) is 0 Å². The maximum Gasteiger partial charge on any atom is 0.285 e. The lowest BCUT2D eigenvalue weighted by Crippen LogP contribution is -2.43. The number of nitrogens with zero attached hydrogens (tertiary/aromatic N) is 3. The van der Waals surface area contributed by atoms with Crippen molar-refractivity contribution >= 4 is 33.4 Å². The number of primary amides is 1. The summed E-state index contributed by atoms with van der Waals surface area (Å²) in [6.45, 7) is 1.95. The third-order valence-corrected chi connectivity index (χ3v) is 8.04. The number of hydrogen-bond donors (Lipinski definition) is 2. The van der Waals surface area contributed by atoms with E-state index in [0.29, 0.717) is 36.6 Å². The summed E-state index contributed by atoms with van der Waals surface area (Å²) < 4.78 is 29.0. The monoisotopic (exact) mass is 481 g/mol. The molecule has 0 bridgehead atoms. The molecule has 0 spiro atoms. The van der Waals surface area contributed by atoms with Gasteiger partial charge in [0.05, 0.1) is 6.04 Å². The predicted molar refractivity (Wildman–Crippen MR) is 128 cm³/mol. The van der Waals surface area contributed by atoms with Crippen molar-refractivity contribution in [1.29, 1.82) is 0 Å². The van der Waals surface area contributed by atoms with Gasteiger partial charge >= 0.3 is 0 Å². The first-order chi connectivity index (χ1) is 16.3. The molecule has 5 rings (SSSR count). The zero-order valence-corrected chi connectivity index (χ0v) is 19.5. The fraction of sp³-hybridized carbons (Fsp3) is 0.375.